The minimum absolute atomic E-state index is 0.0682. The summed E-state index contributed by atoms with van der Waals surface area (Å²) in [6.45, 7) is 4.57. The van der Waals surface area contributed by atoms with Crippen molar-refractivity contribution in [2.24, 2.45) is 0 Å². The van der Waals surface area contributed by atoms with Gasteiger partial charge in [0.15, 0.2) is 0 Å². The highest BCUT2D eigenvalue weighted by Crippen LogP contribution is 2.26. The first-order valence-electron chi connectivity index (χ1n) is 6.59. The van der Waals surface area contributed by atoms with Crippen molar-refractivity contribution in [3.05, 3.63) is 28.2 Å². The van der Waals surface area contributed by atoms with E-state index in [1.807, 2.05) is 13.0 Å². The van der Waals surface area contributed by atoms with Gasteiger partial charge in [0.05, 0.1) is 16.1 Å². The van der Waals surface area contributed by atoms with Gasteiger partial charge in [-0.3, -0.25) is 0 Å². The quantitative estimate of drug-likeness (QED) is 0.872. The summed E-state index contributed by atoms with van der Waals surface area (Å²) >= 11 is 11.8. The number of hydrogen-bond acceptors (Lipinski definition) is 3. The van der Waals surface area contributed by atoms with Crippen LogP contribution in [0.2, 0.25) is 10.0 Å². The van der Waals surface area contributed by atoms with Crippen LogP contribution in [0.15, 0.2) is 18.2 Å². The van der Waals surface area contributed by atoms with Crippen LogP contribution < -0.4 is 10.1 Å². The summed E-state index contributed by atoms with van der Waals surface area (Å²) in [5.41, 5.74) is 0. The van der Waals surface area contributed by atoms with Crippen molar-refractivity contribution in [1.82, 2.24) is 5.32 Å². The third kappa shape index (κ3) is 4.84. The molecule has 1 aliphatic heterocycles. The maximum absolute atomic E-state index is 5.94. The first-order chi connectivity index (χ1) is 9.15. The Bertz CT molecular complexity index is 408. The topological polar surface area (TPSA) is 30.5 Å². The molecule has 1 aromatic carbocycles. The van der Waals surface area contributed by atoms with Crippen LogP contribution in [-0.2, 0) is 4.74 Å². The predicted molar refractivity (Wildman–Crippen MR) is 78.4 cm³/mol. The van der Waals surface area contributed by atoms with Crippen LogP contribution in [0.3, 0.4) is 0 Å². The summed E-state index contributed by atoms with van der Waals surface area (Å²) in [5, 5.41) is 4.42. The number of halogens is 2. The Morgan fingerprint density at radius 1 is 1.42 bits per heavy atom. The zero-order valence-electron chi connectivity index (χ0n) is 11.0. The van der Waals surface area contributed by atoms with Crippen molar-refractivity contribution >= 4 is 23.2 Å². The van der Waals surface area contributed by atoms with Crippen molar-refractivity contribution in [2.45, 2.75) is 32.0 Å². The van der Waals surface area contributed by atoms with Crippen LogP contribution in [0.25, 0.3) is 0 Å². The second kappa shape index (κ2) is 7.34. The molecule has 19 heavy (non-hydrogen) atoms. The lowest BCUT2D eigenvalue weighted by Crippen LogP contribution is -2.34. The summed E-state index contributed by atoms with van der Waals surface area (Å²) in [6.07, 6.45) is 2.74. The molecule has 0 amide bonds. The fraction of sp³-hybridized carbons (Fsp3) is 0.571. The summed E-state index contributed by atoms with van der Waals surface area (Å²) in [7, 11) is 0. The summed E-state index contributed by atoms with van der Waals surface area (Å²) in [5.74, 6) is 0.737. The summed E-state index contributed by atoms with van der Waals surface area (Å²) in [4.78, 5) is 0. The third-order valence-electron chi connectivity index (χ3n) is 3.06. The second-order valence-electron chi connectivity index (χ2n) is 4.80. The Morgan fingerprint density at radius 3 is 2.95 bits per heavy atom. The first-order valence-corrected chi connectivity index (χ1v) is 7.35. The van der Waals surface area contributed by atoms with Crippen molar-refractivity contribution in [2.75, 3.05) is 19.7 Å². The van der Waals surface area contributed by atoms with Gasteiger partial charge in [-0.1, -0.05) is 23.2 Å². The Labute approximate surface area is 124 Å². The monoisotopic (exact) mass is 303 g/mol. The summed E-state index contributed by atoms with van der Waals surface area (Å²) in [6, 6.07) is 5.30. The van der Waals surface area contributed by atoms with E-state index in [0.29, 0.717) is 16.1 Å². The molecule has 1 fully saturated rings. The van der Waals surface area contributed by atoms with E-state index < -0.39 is 0 Å². The van der Waals surface area contributed by atoms with Gasteiger partial charge >= 0.3 is 0 Å². The van der Waals surface area contributed by atoms with Gasteiger partial charge in [0, 0.05) is 25.8 Å². The molecule has 1 saturated heterocycles. The lowest BCUT2D eigenvalue weighted by molar-refractivity contribution is 0.106. The minimum atomic E-state index is 0.0682. The fourth-order valence-corrected chi connectivity index (χ4v) is 2.37. The number of ether oxygens (including phenoxy) is 2. The average Bonchev–Trinajstić information content (AvgIpc) is 2.87. The first kappa shape index (κ1) is 14.9. The van der Waals surface area contributed by atoms with E-state index >= 15 is 0 Å². The van der Waals surface area contributed by atoms with Crippen LogP contribution in [0.5, 0.6) is 5.75 Å². The maximum Gasteiger partial charge on any atom is 0.121 e. The van der Waals surface area contributed by atoms with Crippen molar-refractivity contribution < 1.29 is 9.47 Å². The molecule has 2 rings (SSSR count). The molecular formula is C14H19Cl2NO2. The molecule has 1 aliphatic rings. The number of rotatable bonds is 6. The van der Waals surface area contributed by atoms with Gasteiger partial charge in [-0.2, -0.15) is 0 Å². The second-order valence-corrected chi connectivity index (χ2v) is 5.61. The van der Waals surface area contributed by atoms with Gasteiger partial charge in [0.1, 0.15) is 11.9 Å². The van der Waals surface area contributed by atoms with Crippen LogP contribution in [0, 0.1) is 0 Å². The highest BCUT2D eigenvalue weighted by atomic mass is 35.5. The smallest absolute Gasteiger partial charge is 0.121 e. The molecule has 0 radical (unpaired) electrons. The van der Waals surface area contributed by atoms with Crippen molar-refractivity contribution in [1.29, 1.82) is 0 Å². The van der Waals surface area contributed by atoms with Gasteiger partial charge < -0.3 is 14.8 Å². The molecule has 0 spiro atoms. The van der Waals surface area contributed by atoms with Gasteiger partial charge in [-0.25, -0.2) is 0 Å². The van der Waals surface area contributed by atoms with E-state index in [9.17, 15) is 0 Å². The third-order valence-corrected chi connectivity index (χ3v) is 3.80. The molecule has 5 heteroatoms. The molecule has 0 saturated carbocycles. The van der Waals surface area contributed by atoms with Crippen LogP contribution >= 0.6 is 23.2 Å². The number of hydrogen-bond donors (Lipinski definition) is 1. The van der Waals surface area contributed by atoms with Gasteiger partial charge in [-0.15, -0.1) is 0 Å². The molecule has 106 valence electrons. The molecular weight excluding hydrogens is 285 g/mol. The lowest BCUT2D eigenvalue weighted by Gasteiger charge is -2.17. The number of benzene rings is 1. The van der Waals surface area contributed by atoms with Gasteiger partial charge in [0.2, 0.25) is 0 Å². The van der Waals surface area contributed by atoms with E-state index in [-0.39, 0.29) is 6.10 Å². The highest BCUT2D eigenvalue weighted by Gasteiger charge is 2.15. The zero-order valence-corrected chi connectivity index (χ0v) is 12.5. The molecule has 2 unspecified atom stereocenters. The summed E-state index contributed by atoms with van der Waals surface area (Å²) < 4.78 is 11.3. The Hall–Kier alpha value is -0.480. The van der Waals surface area contributed by atoms with Crippen molar-refractivity contribution in [3.63, 3.8) is 0 Å². The SMILES string of the molecule is CC(CNCC1CCCO1)Oc1ccc(Cl)c(Cl)c1. The normalized spacial score (nSPS) is 20.5. The molecule has 3 nitrogen and oxygen atoms in total. The van der Waals surface area contributed by atoms with E-state index in [4.69, 9.17) is 32.7 Å². The average molecular weight is 304 g/mol. The Kier molecular flexibility index (Phi) is 5.76. The van der Waals surface area contributed by atoms with Gasteiger partial charge in [0.25, 0.3) is 0 Å². The molecule has 0 aromatic heterocycles. The molecule has 0 aliphatic carbocycles. The molecule has 2 atom stereocenters. The molecule has 1 N–H and O–H groups in total. The van der Waals surface area contributed by atoms with Crippen molar-refractivity contribution in [3.8, 4) is 5.75 Å². The standard InChI is InChI=1S/C14H19Cl2NO2/c1-10(8-17-9-12-3-2-6-18-12)19-11-4-5-13(15)14(16)7-11/h4-5,7,10,12,17H,2-3,6,8-9H2,1H3. The van der Waals surface area contributed by atoms with E-state index in [0.717, 1.165) is 31.9 Å². The molecule has 1 heterocycles. The van der Waals surface area contributed by atoms with E-state index in [2.05, 4.69) is 5.32 Å². The lowest BCUT2D eigenvalue weighted by atomic mass is 10.2. The predicted octanol–water partition coefficient (Wildman–Crippen LogP) is 3.53. The van der Waals surface area contributed by atoms with Crippen LogP contribution in [0.1, 0.15) is 19.8 Å². The van der Waals surface area contributed by atoms with Crippen LogP contribution in [-0.4, -0.2) is 31.9 Å². The van der Waals surface area contributed by atoms with E-state index in [1.165, 1.54) is 6.42 Å². The van der Waals surface area contributed by atoms with Crippen LogP contribution in [0.4, 0.5) is 0 Å². The maximum atomic E-state index is 5.94. The molecule has 0 bridgehead atoms. The molecule has 1 aromatic rings. The Balaban J connectivity index is 1.70. The zero-order chi connectivity index (χ0) is 13.7. The largest absolute Gasteiger partial charge is 0.489 e. The fourth-order valence-electron chi connectivity index (χ4n) is 2.08. The highest BCUT2D eigenvalue weighted by molar-refractivity contribution is 6.42. The number of nitrogens with one attached hydrogen (secondary N) is 1. The Morgan fingerprint density at radius 2 is 2.26 bits per heavy atom. The van der Waals surface area contributed by atoms with Gasteiger partial charge in [-0.05, 0) is 31.9 Å². The van der Waals surface area contributed by atoms with E-state index in [1.54, 1.807) is 12.1 Å². The minimum Gasteiger partial charge on any atom is -0.489 e.